The highest BCUT2D eigenvalue weighted by Gasteiger charge is 2.14. The summed E-state index contributed by atoms with van der Waals surface area (Å²) in [5.74, 6) is 0. The van der Waals surface area contributed by atoms with Crippen LogP contribution in [0.1, 0.15) is 22.3 Å². The van der Waals surface area contributed by atoms with E-state index in [1.807, 2.05) is 0 Å². The van der Waals surface area contributed by atoms with Crippen LogP contribution in [-0.4, -0.2) is 0 Å². The van der Waals surface area contributed by atoms with Gasteiger partial charge in [0.25, 0.3) is 0 Å². The fourth-order valence-corrected chi connectivity index (χ4v) is 7.49. The molecule has 0 amide bonds. The molecule has 60 heavy (non-hydrogen) atoms. The lowest BCUT2D eigenvalue weighted by Gasteiger charge is -2.25. The van der Waals surface area contributed by atoms with Crippen molar-refractivity contribution in [2.45, 2.75) is 0 Å². The summed E-state index contributed by atoms with van der Waals surface area (Å²) < 4.78 is 0. The van der Waals surface area contributed by atoms with Gasteiger partial charge in [0.2, 0.25) is 0 Å². The van der Waals surface area contributed by atoms with Crippen LogP contribution in [0, 0.1) is 0 Å². The second-order valence-electron chi connectivity index (χ2n) is 14.7. The van der Waals surface area contributed by atoms with E-state index in [1.165, 1.54) is 22.3 Å². The van der Waals surface area contributed by atoms with Gasteiger partial charge in [-0.2, -0.15) is 0 Å². The Kier molecular flexibility index (Phi) is 11.4. The Bertz CT molecular complexity index is 2580. The minimum atomic E-state index is 1.11. The van der Waals surface area contributed by atoms with Gasteiger partial charge in [-0.05, 0) is 117 Å². The van der Waals surface area contributed by atoms with Crippen LogP contribution in [0.2, 0.25) is 0 Å². The lowest BCUT2D eigenvalue weighted by atomic mass is 10.0. The molecular weight excluding hydrogens is 725 g/mol. The molecule has 9 aromatic carbocycles. The van der Waals surface area contributed by atoms with Gasteiger partial charge in [-0.1, -0.05) is 194 Å². The highest BCUT2D eigenvalue weighted by atomic mass is 15.1. The monoisotopic (exact) mass is 768 g/mol. The van der Waals surface area contributed by atoms with Crippen LogP contribution < -0.4 is 9.80 Å². The first-order valence-electron chi connectivity index (χ1n) is 20.4. The standard InChI is InChI=1S/C58H44N2/c1-5-13-49(14-6-1)51-33-41-57(42-34-51)59(53-17-9-3-10-18-53)55-37-29-47(30-38-55)27-25-45-21-23-46(24-22-45)26-28-48-31-39-56(40-32-48)60(54-19-11-4-12-20-54)58-43-35-52(36-44-58)50-15-7-2-8-16-50/h1-44H/b27-25+,28-26+. The maximum atomic E-state index is 2.30. The normalized spacial score (nSPS) is 11.2. The molecule has 0 radical (unpaired) electrons. The second kappa shape index (κ2) is 18.1. The molecule has 0 atom stereocenters. The van der Waals surface area contributed by atoms with E-state index in [-0.39, 0.29) is 0 Å². The van der Waals surface area contributed by atoms with Crippen molar-refractivity contribution in [2.75, 3.05) is 9.80 Å². The largest absolute Gasteiger partial charge is 0.311 e. The highest BCUT2D eigenvalue weighted by molar-refractivity contribution is 5.82. The van der Waals surface area contributed by atoms with E-state index < -0.39 is 0 Å². The first-order chi connectivity index (χ1) is 29.7. The second-order valence-corrected chi connectivity index (χ2v) is 14.7. The molecule has 9 aromatic rings. The maximum Gasteiger partial charge on any atom is 0.0462 e. The Morgan fingerprint density at radius 2 is 0.383 bits per heavy atom. The molecule has 0 unspecified atom stereocenters. The van der Waals surface area contributed by atoms with Crippen LogP contribution in [0.15, 0.2) is 243 Å². The zero-order chi connectivity index (χ0) is 40.4. The molecule has 0 N–H and O–H groups in total. The number of hydrogen-bond donors (Lipinski definition) is 0. The predicted octanol–water partition coefficient (Wildman–Crippen LogP) is 16.3. The molecule has 0 aliphatic carbocycles. The molecule has 9 rings (SSSR count). The topological polar surface area (TPSA) is 6.48 Å². The molecule has 0 bridgehead atoms. The Labute approximate surface area is 353 Å². The first-order valence-corrected chi connectivity index (χ1v) is 20.4. The van der Waals surface area contributed by atoms with E-state index in [4.69, 9.17) is 0 Å². The quantitative estimate of drug-likeness (QED) is 0.114. The average Bonchev–Trinajstić information content (AvgIpc) is 3.33. The van der Waals surface area contributed by atoms with E-state index >= 15 is 0 Å². The molecule has 2 nitrogen and oxygen atoms in total. The van der Waals surface area contributed by atoms with Crippen LogP contribution in [0.25, 0.3) is 46.6 Å². The summed E-state index contributed by atoms with van der Waals surface area (Å²) in [6.45, 7) is 0. The fraction of sp³-hybridized carbons (Fsp3) is 0. The zero-order valence-electron chi connectivity index (χ0n) is 33.3. The van der Waals surface area contributed by atoms with Crippen molar-refractivity contribution in [2.24, 2.45) is 0 Å². The molecule has 0 heterocycles. The van der Waals surface area contributed by atoms with Crippen LogP contribution >= 0.6 is 0 Å². The summed E-state index contributed by atoms with van der Waals surface area (Å²) in [6.07, 6.45) is 8.69. The van der Waals surface area contributed by atoms with Gasteiger partial charge in [-0.15, -0.1) is 0 Å². The van der Waals surface area contributed by atoms with Crippen molar-refractivity contribution in [3.63, 3.8) is 0 Å². The Morgan fingerprint density at radius 3 is 0.667 bits per heavy atom. The summed E-state index contributed by atoms with van der Waals surface area (Å²) >= 11 is 0. The van der Waals surface area contributed by atoms with Crippen molar-refractivity contribution in [1.29, 1.82) is 0 Å². The predicted molar refractivity (Wildman–Crippen MR) is 257 cm³/mol. The van der Waals surface area contributed by atoms with Gasteiger partial charge in [0, 0.05) is 34.1 Å². The minimum absolute atomic E-state index is 1.11. The lowest BCUT2D eigenvalue weighted by molar-refractivity contribution is 1.28. The third-order valence-corrected chi connectivity index (χ3v) is 10.7. The summed E-state index contributed by atoms with van der Waals surface area (Å²) in [5, 5.41) is 0. The molecule has 0 saturated heterocycles. The zero-order valence-corrected chi connectivity index (χ0v) is 33.3. The van der Waals surface area contributed by atoms with Crippen LogP contribution in [-0.2, 0) is 0 Å². The van der Waals surface area contributed by atoms with Gasteiger partial charge in [0.1, 0.15) is 0 Å². The van der Waals surface area contributed by atoms with Crippen molar-refractivity contribution in [1.82, 2.24) is 0 Å². The third kappa shape index (κ3) is 8.95. The molecule has 0 saturated carbocycles. The summed E-state index contributed by atoms with van der Waals surface area (Å²) in [5.41, 5.74) is 16.1. The summed E-state index contributed by atoms with van der Waals surface area (Å²) in [4.78, 5) is 4.60. The summed E-state index contributed by atoms with van der Waals surface area (Å²) in [7, 11) is 0. The molecule has 286 valence electrons. The van der Waals surface area contributed by atoms with Crippen molar-refractivity contribution >= 4 is 58.4 Å². The van der Waals surface area contributed by atoms with E-state index in [0.29, 0.717) is 0 Å². The number of rotatable bonds is 12. The first kappa shape index (κ1) is 37.6. The molecule has 0 aliphatic heterocycles. The highest BCUT2D eigenvalue weighted by Crippen LogP contribution is 2.37. The molecule has 0 aromatic heterocycles. The Hall–Kier alpha value is -7.94. The summed E-state index contributed by atoms with van der Waals surface area (Å²) in [6, 6.07) is 85.9. The lowest BCUT2D eigenvalue weighted by Crippen LogP contribution is -2.09. The third-order valence-electron chi connectivity index (χ3n) is 10.7. The van der Waals surface area contributed by atoms with Crippen LogP contribution in [0.4, 0.5) is 34.1 Å². The molecule has 0 spiro atoms. The van der Waals surface area contributed by atoms with Crippen molar-refractivity contribution in [3.05, 3.63) is 265 Å². The van der Waals surface area contributed by atoms with Gasteiger partial charge in [0.05, 0.1) is 0 Å². The van der Waals surface area contributed by atoms with Gasteiger partial charge in [-0.3, -0.25) is 0 Å². The SMILES string of the molecule is C(=C\c1ccc(N(c2ccccc2)c2ccc(-c3ccccc3)cc2)cc1)/c1ccc(/C=C/c2ccc(N(c3ccccc3)c3ccc(-c4ccccc4)cc3)cc2)cc1. The van der Waals surface area contributed by atoms with Gasteiger partial charge in [0.15, 0.2) is 0 Å². The molecule has 2 heteroatoms. The van der Waals surface area contributed by atoms with E-state index in [9.17, 15) is 0 Å². The van der Waals surface area contributed by atoms with Gasteiger partial charge >= 0.3 is 0 Å². The minimum Gasteiger partial charge on any atom is -0.311 e. The molecule has 0 fully saturated rings. The van der Waals surface area contributed by atoms with E-state index in [2.05, 4.69) is 277 Å². The Balaban J connectivity index is 0.861. The maximum absolute atomic E-state index is 2.30. The van der Waals surface area contributed by atoms with Crippen LogP contribution in [0.3, 0.4) is 0 Å². The smallest absolute Gasteiger partial charge is 0.0462 e. The number of benzene rings is 9. The van der Waals surface area contributed by atoms with E-state index in [0.717, 1.165) is 56.4 Å². The molecule has 0 aliphatic rings. The Morgan fingerprint density at radius 1 is 0.183 bits per heavy atom. The van der Waals surface area contributed by atoms with E-state index in [1.54, 1.807) is 0 Å². The van der Waals surface area contributed by atoms with Gasteiger partial charge in [-0.25, -0.2) is 0 Å². The van der Waals surface area contributed by atoms with Crippen LogP contribution in [0.5, 0.6) is 0 Å². The number of anilines is 6. The molecular formula is C58H44N2. The van der Waals surface area contributed by atoms with Crippen molar-refractivity contribution < 1.29 is 0 Å². The average molecular weight is 769 g/mol. The van der Waals surface area contributed by atoms with Gasteiger partial charge < -0.3 is 9.80 Å². The van der Waals surface area contributed by atoms with Crippen molar-refractivity contribution in [3.8, 4) is 22.3 Å². The fourth-order valence-electron chi connectivity index (χ4n) is 7.49. The number of nitrogens with zero attached hydrogens (tertiary/aromatic N) is 2. The number of hydrogen-bond acceptors (Lipinski definition) is 2. The number of para-hydroxylation sites is 2.